The lowest BCUT2D eigenvalue weighted by atomic mass is 9.96. The van der Waals surface area contributed by atoms with Crippen molar-refractivity contribution >= 4 is 5.69 Å². The Kier molecular flexibility index (Phi) is 4.58. The predicted molar refractivity (Wildman–Crippen MR) is 82.1 cm³/mol. The van der Waals surface area contributed by atoms with Crippen molar-refractivity contribution in [3.8, 4) is 0 Å². The molecule has 1 aliphatic rings. The van der Waals surface area contributed by atoms with Crippen LogP contribution >= 0.6 is 0 Å². The molecule has 0 radical (unpaired) electrons. The number of nitrogens with one attached hydrogen (secondary N) is 1. The van der Waals surface area contributed by atoms with Gasteiger partial charge in [0.05, 0.1) is 23.1 Å². The maximum atomic E-state index is 10.7. The van der Waals surface area contributed by atoms with Crippen LogP contribution in [0.2, 0.25) is 0 Å². The molecule has 0 aromatic carbocycles. The molecule has 2 aromatic rings. The first-order valence-electron chi connectivity index (χ1n) is 7.89. The minimum atomic E-state index is -0.741. The number of aliphatic hydroxyl groups is 1. The highest BCUT2D eigenvalue weighted by Crippen LogP contribution is 2.37. The molecule has 1 aliphatic carbocycles. The van der Waals surface area contributed by atoms with Crippen LogP contribution in [0.15, 0.2) is 16.9 Å². The lowest BCUT2D eigenvalue weighted by molar-refractivity contribution is -0.385. The van der Waals surface area contributed by atoms with Gasteiger partial charge in [-0.25, -0.2) is 0 Å². The highest BCUT2D eigenvalue weighted by Gasteiger charge is 2.39. The van der Waals surface area contributed by atoms with Gasteiger partial charge in [0.2, 0.25) is 5.89 Å². The molecule has 24 heavy (non-hydrogen) atoms. The van der Waals surface area contributed by atoms with E-state index in [-0.39, 0.29) is 17.8 Å². The smallest absolute Gasteiger partial charge is 0.306 e. The quantitative estimate of drug-likeness (QED) is 0.563. The molecule has 0 spiro atoms. The third-order valence-electron chi connectivity index (χ3n) is 4.32. The topological polar surface area (TPSA) is 132 Å². The van der Waals surface area contributed by atoms with Crippen molar-refractivity contribution in [3.05, 3.63) is 34.2 Å². The molecule has 10 heteroatoms. The van der Waals surface area contributed by atoms with Gasteiger partial charge < -0.3 is 14.9 Å². The van der Waals surface area contributed by atoms with E-state index in [2.05, 4.69) is 20.6 Å². The summed E-state index contributed by atoms with van der Waals surface area (Å²) in [6.07, 6.45) is 5.61. The van der Waals surface area contributed by atoms with Crippen molar-refractivity contribution in [2.75, 3.05) is 6.54 Å². The third kappa shape index (κ3) is 3.44. The highest BCUT2D eigenvalue weighted by molar-refractivity contribution is 5.20. The lowest BCUT2D eigenvalue weighted by Gasteiger charge is -2.28. The van der Waals surface area contributed by atoms with E-state index in [4.69, 9.17) is 4.52 Å². The van der Waals surface area contributed by atoms with Gasteiger partial charge in [0.25, 0.3) is 0 Å². The fourth-order valence-electron chi connectivity index (χ4n) is 3.09. The third-order valence-corrected chi connectivity index (χ3v) is 4.32. The Morgan fingerprint density at radius 2 is 2.29 bits per heavy atom. The van der Waals surface area contributed by atoms with Crippen LogP contribution in [-0.2, 0) is 12.1 Å². The van der Waals surface area contributed by atoms with Gasteiger partial charge in [-0.2, -0.15) is 10.1 Å². The predicted octanol–water partition coefficient (Wildman–Crippen LogP) is 0.903. The van der Waals surface area contributed by atoms with E-state index in [0.29, 0.717) is 18.3 Å². The standard InChI is InChI=1S/C14H20N6O4/c1-10-17-13(18-24-10)14(4-2-3-5-14)15-7-12(21)9-19-8-11(6-16-19)20(22)23/h6,8,12,15,21H,2-5,7,9H2,1H3. The van der Waals surface area contributed by atoms with Gasteiger partial charge in [-0.05, 0) is 12.8 Å². The summed E-state index contributed by atoms with van der Waals surface area (Å²) in [4.78, 5) is 14.5. The molecule has 2 N–H and O–H groups in total. The average molecular weight is 336 g/mol. The molecule has 1 unspecified atom stereocenters. The molecule has 2 heterocycles. The van der Waals surface area contributed by atoms with Gasteiger partial charge in [0, 0.05) is 13.5 Å². The summed E-state index contributed by atoms with van der Waals surface area (Å²) in [5, 5.41) is 32.2. The number of aryl methyl sites for hydroxylation is 1. The maximum absolute atomic E-state index is 10.7. The zero-order chi connectivity index (χ0) is 17.2. The highest BCUT2D eigenvalue weighted by atomic mass is 16.6. The summed E-state index contributed by atoms with van der Waals surface area (Å²) in [5.74, 6) is 1.14. The molecule has 1 fully saturated rings. The molecule has 0 amide bonds. The number of aliphatic hydroxyl groups excluding tert-OH is 1. The largest absolute Gasteiger partial charge is 0.390 e. The van der Waals surface area contributed by atoms with Crippen molar-refractivity contribution < 1.29 is 14.6 Å². The Hall–Kier alpha value is -2.33. The summed E-state index contributed by atoms with van der Waals surface area (Å²) in [6.45, 7) is 2.22. The number of rotatable bonds is 7. The molecule has 0 aliphatic heterocycles. The first-order valence-corrected chi connectivity index (χ1v) is 7.89. The number of nitrogens with zero attached hydrogens (tertiary/aromatic N) is 5. The van der Waals surface area contributed by atoms with Crippen LogP contribution in [0, 0.1) is 17.0 Å². The Labute approximate surface area is 138 Å². The fraction of sp³-hybridized carbons (Fsp3) is 0.643. The van der Waals surface area contributed by atoms with Crippen molar-refractivity contribution in [1.82, 2.24) is 25.2 Å². The molecule has 0 bridgehead atoms. The Morgan fingerprint density at radius 1 is 1.54 bits per heavy atom. The number of nitro groups is 1. The van der Waals surface area contributed by atoms with Crippen LogP contribution in [0.1, 0.15) is 37.4 Å². The second-order valence-electron chi connectivity index (χ2n) is 6.14. The molecular formula is C14H20N6O4. The molecule has 1 atom stereocenters. The Morgan fingerprint density at radius 3 is 2.88 bits per heavy atom. The van der Waals surface area contributed by atoms with Crippen molar-refractivity contribution in [1.29, 1.82) is 0 Å². The van der Waals surface area contributed by atoms with Crippen molar-refractivity contribution in [2.24, 2.45) is 0 Å². The van der Waals surface area contributed by atoms with E-state index in [9.17, 15) is 15.2 Å². The van der Waals surface area contributed by atoms with Gasteiger partial charge in [0.15, 0.2) is 5.82 Å². The van der Waals surface area contributed by atoms with E-state index < -0.39 is 11.0 Å². The van der Waals surface area contributed by atoms with Crippen LogP contribution in [0.3, 0.4) is 0 Å². The summed E-state index contributed by atoms with van der Waals surface area (Å²) < 4.78 is 6.45. The maximum Gasteiger partial charge on any atom is 0.306 e. The number of hydrogen-bond donors (Lipinski definition) is 2. The van der Waals surface area contributed by atoms with Crippen LogP contribution in [0.4, 0.5) is 5.69 Å². The normalized spacial score (nSPS) is 17.9. The molecule has 130 valence electrons. The summed E-state index contributed by atoms with van der Waals surface area (Å²) in [6, 6.07) is 0. The molecule has 0 saturated heterocycles. The van der Waals surface area contributed by atoms with E-state index in [1.165, 1.54) is 17.1 Å². The second kappa shape index (κ2) is 6.65. The second-order valence-corrected chi connectivity index (χ2v) is 6.14. The first kappa shape index (κ1) is 16.5. The molecule has 1 saturated carbocycles. The van der Waals surface area contributed by atoms with Crippen LogP contribution in [0.5, 0.6) is 0 Å². The number of hydrogen-bond acceptors (Lipinski definition) is 8. The monoisotopic (exact) mass is 336 g/mol. The van der Waals surface area contributed by atoms with E-state index in [1.807, 2.05) is 0 Å². The molecule has 10 nitrogen and oxygen atoms in total. The summed E-state index contributed by atoms with van der Waals surface area (Å²) in [7, 11) is 0. The number of aromatic nitrogens is 4. The van der Waals surface area contributed by atoms with Gasteiger partial charge in [0.1, 0.15) is 12.4 Å². The van der Waals surface area contributed by atoms with Gasteiger partial charge in [-0.3, -0.25) is 14.8 Å². The van der Waals surface area contributed by atoms with Gasteiger partial charge in [-0.1, -0.05) is 18.0 Å². The van der Waals surface area contributed by atoms with E-state index in [1.54, 1.807) is 6.92 Å². The summed E-state index contributed by atoms with van der Waals surface area (Å²) in [5.41, 5.74) is -0.473. The fourth-order valence-corrected chi connectivity index (χ4v) is 3.09. The van der Waals surface area contributed by atoms with Crippen molar-refractivity contribution in [2.45, 2.75) is 50.8 Å². The van der Waals surface area contributed by atoms with Crippen LogP contribution in [-0.4, -0.2) is 42.6 Å². The first-order chi connectivity index (χ1) is 11.5. The minimum absolute atomic E-state index is 0.0929. The van der Waals surface area contributed by atoms with E-state index in [0.717, 1.165) is 25.7 Å². The SMILES string of the molecule is Cc1nc(C2(NCC(O)Cn3cc([N+](=O)[O-])cn3)CCCC2)no1. The van der Waals surface area contributed by atoms with Crippen molar-refractivity contribution in [3.63, 3.8) is 0 Å². The van der Waals surface area contributed by atoms with Crippen LogP contribution in [0.25, 0.3) is 0 Å². The van der Waals surface area contributed by atoms with Gasteiger partial charge in [-0.15, -0.1) is 0 Å². The van der Waals surface area contributed by atoms with Crippen LogP contribution < -0.4 is 5.32 Å². The minimum Gasteiger partial charge on any atom is -0.390 e. The van der Waals surface area contributed by atoms with E-state index >= 15 is 0 Å². The molecule has 3 rings (SSSR count). The van der Waals surface area contributed by atoms with Gasteiger partial charge >= 0.3 is 5.69 Å². The Balaban J connectivity index is 1.61. The lowest BCUT2D eigenvalue weighted by Crippen LogP contribution is -2.45. The Bertz CT molecular complexity index is 706. The molecule has 2 aromatic heterocycles. The average Bonchev–Trinajstić information content (AvgIpc) is 3.25. The summed E-state index contributed by atoms with van der Waals surface area (Å²) >= 11 is 0. The molecular weight excluding hydrogens is 316 g/mol. The zero-order valence-corrected chi connectivity index (χ0v) is 13.4. The zero-order valence-electron chi connectivity index (χ0n) is 13.4.